The van der Waals surface area contributed by atoms with Gasteiger partial charge >= 0.3 is 0 Å². The van der Waals surface area contributed by atoms with Crippen LogP contribution < -0.4 is 10.6 Å². The Bertz CT molecular complexity index is 652. The fourth-order valence-electron chi connectivity index (χ4n) is 1.86. The molecule has 0 aliphatic heterocycles. The molecule has 0 spiro atoms. The number of aromatic nitrogens is 2. The van der Waals surface area contributed by atoms with Crippen molar-refractivity contribution < 1.29 is 4.79 Å². The number of hydrogen-bond donors (Lipinski definition) is 2. The molecule has 116 valence electrons. The molecule has 22 heavy (non-hydrogen) atoms. The minimum atomic E-state index is -0.210. The largest absolute Gasteiger partial charge is 0.352 e. The molecule has 2 N–H and O–H groups in total. The monoisotopic (exact) mass is 298 g/mol. The third-order valence-corrected chi connectivity index (χ3v) is 3.67. The van der Waals surface area contributed by atoms with E-state index in [2.05, 4.69) is 34.4 Å². The Hall–Kier alpha value is -2.43. The number of anilines is 2. The van der Waals surface area contributed by atoms with Crippen molar-refractivity contribution in [3.8, 4) is 0 Å². The van der Waals surface area contributed by atoms with Crippen LogP contribution in [-0.4, -0.2) is 21.9 Å². The molecule has 1 atom stereocenters. The van der Waals surface area contributed by atoms with E-state index in [1.54, 1.807) is 0 Å². The maximum absolute atomic E-state index is 12.2. The minimum Gasteiger partial charge on any atom is -0.352 e. The van der Waals surface area contributed by atoms with Gasteiger partial charge in [0.1, 0.15) is 0 Å². The first-order valence-corrected chi connectivity index (χ1v) is 7.46. The van der Waals surface area contributed by atoms with Gasteiger partial charge in [-0.25, -0.2) is 9.97 Å². The van der Waals surface area contributed by atoms with Crippen LogP contribution in [0.2, 0.25) is 0 Å². The van der Waals surface area contributed by atoms with Gasteiger partial charge in [-0.1, -0.05) is 13.0 Å². The number of amides is 1. The average Bonchev–Trinajstić information content (AvgIpc) is 2.51. The predicted octanol–water partition coefficient (Wildman–Crippen LogP) is 3.56. The van der Waals surface area contributed by atoms with E-state index >= 15 is 0 Å². The van der Waals surface area contributed by atoms with Crippen LogP contribution in [0.4, 0.5) is 11.6 Å². The highest BCUT2D eigenvalue weighted by Crippen LogP contribution is 2.15. The lowest BCUT2D eigenvalue weighted by Crippen LogP contribution is -2.17. The van der Waals surface area contributed by atoms with Crippen LogP contribution >= 0.6 is 0 Å². The molecular formula is C17H22N4O. The predicted molar refractivity (Wildman–Crippen MR) is 89.3 cm³/mol. The number of nitrogens with zero attached hydrogens (tertiary/aromatic N) is 2. The second-order valence-corrected chi connectivity index (χ2v) is 5.50. The first-order chi connectivity index (χ1) is 10.5. The van der Waals surface area contributed by atoms with Crippen LogP contribution in [-0.2, 0) is 0 Å². The Morgan fingerprint density at radius 2 is 1.86 bits per heavy atom. The molecule has 0 radical (unpaired) electrons. The maximum Gasteiger partial charge on any atom is 0.258 e. The topological polar surface area (TPSA) is 66.9 Å². The summed E-state index contributed by atoms with van der Waals surface area (Å²) in [6, 6.07) is 6.13. The Labute approximate surface area is 131 Å². The van der Waals surface area contributed by atoms with Gasteiger partial charge in [-0.3, -0.25) is 4.79 Å². The SMILES string of the molecule is CCC(C)Nc1ncc(C(=O)Nc2ccc(C)c(C)c2)cn1. The molecule has 1 heterocycles. The van der Waals surface area contributed by atoms with Crippen LogP contribution in [0.1, 0.15) is 41.8 Å². The summed E-state index contributed by atoms with van der Waals surface area (Å²) in [4.78, 5) is 20.5. The first kappa shape index (κ1) is 15.9. The molecule has 1 aromatic carbocycles. The van der Waals surface area contributed by atoms with Gasteiger partial charge in [-0.05, 0) is 50.5 Å². The van der Waals surface area contributed by atoms with Crippen LogP contribution in [0.15, 0.2) is 30.6 Å². The summed E-state index contributed by atoms with van der Waals surface area (Å²) >= 11 is 0. The van der Waals surface area contributed by atoms with Crippen molar-refractivity contribution in [3.63, 3.8) is 0 Å². The number of rotatable bonds is 5. The van der Waals surface area contributed by atoms with Gasteiger partial charge in [0.2, 0.25) is 5.95 Å². The summed E-state index contributed by atoms with van der Waals surface area (Å²) in [5, 5.41) is 6.03. The lowest BCUT2D eigenvalue weighted by molar-refractivity contribution is 0.102. The van der Waals surface area contributed by atoms with Crippen molar-refractivity contribution in [2.75, 3.05) is 10.6 Å². The highest BCUT2D eigenvalue weighted by atomic mass is 16.1. The van der Waals surface area contributed by atoms with Gasteiger partial charge < -0.3 is 10.6 Å². The number of benzene rings is 1. The summed E-state index contributed by atoms with van der Waals surface area (Å²) in [6.07, 6.45) is 4.06. The molecule has 2 aromatic rings. The van der Waals surface area contributed by atoms with Crippen molar-refractivity contribution in [1.82, 2.24) is 9.97 Å². The van der Waals surface area contributed by atoms with Gasteiger partial charge in [0.25, 0.3) is 5.91 Å². The molecule has 0 saturated heterocycles. The molecule has 0 fully saturated rings. The van der Waals surface area contributed by atoms with Crippen molar-refractivity contribution in [3.05, 3.63) is 47.3 Å². The van der Waals surface area contributed by atoms with Crippen LogP contribution in [0, 0.1) is 13.8 Å². The van der Waals surface area contributed by atoms with Gasteiger partial charge in [-0.2, -0.15) is 0 Å². The third-order valence-electron chi connectivity index (χ3n) is 3.67. The summed E-state index contributed by atoms with van der Waals surface area (Å²) in [7, 11) is 0. The number of carbonyl (C=O) groups is 1. The van der Waals surface area contributed by atoms with Crippen LogP contribution in [0.25, 0.3) is 0 Å². The molecule has 1 unspecified atom stereocenters. The van der Waals surface area contributed by atoms with Gasteiger partial charge in [0, 0.05) is 24.1 Å². The first-order valence-electron chi connectivity index (χ1n) is 7.46. The maximum atomic E-state index is 12.2. The van der Waals surface area contributed by atoms with Gasteiger partial charge in [0.05, 0.1) is 5.56 Å². The summed E-state index contributed by atoms with van der Waals surface area (Å²) in [5.41, 5.74) is 3.55. The Morgan fingerprint density at radius 1 is 1.18 bits per heavy atom. The van der Waals surface area contributed by atoms with E-state index in [0.29, 0.717) is 17.6 Å². The van der Waals surface area contributed by atoms with E-state index in [-0.39, 0.29) is 5.91 Å². The van der Waals surface area contributed by atoms with Crippen LogP contribution in [0.3, 0.4) is 0 Å². The highest BCUT2D eigenvalue weighted by molar-refractivity contribution is 6.03. The number of hydrogen-bond acceptors (Lipinski definition) is 4. The zero-order chi connectivity index (χ0) is 16.1. The third kappa shape index (κ3) is 4.04. The molecule has 2 rings (SSSR count). The van der Waals surface area contributed by atoms with E-state index in [0.717, 1.165) is 17.7 Å². The quantitative estimate of drug-likeness (QED) is 0.885. The lowest BCUT2D eigenvalue weighted by Gasteiger charge is -2.11. The van der Waals surface area contributed by atoms with Gasteiger partial charge in [0.15, 0.2) is 0 Å². The molecule has 1 aromatic heterocycles. The summed E-state index contributed by atoms with van der Waals surface area (Å²) in [5.74, 6) is 0.329. The second kappa shape index (κ2) is 7.02. The molecule has 0 aliphatic carbocycles. The molecule has 0 saturated carbocycles. The second-order valence-electron chi connectivity index (χ2n) is 5.50. The molecule has 0 aliphatic rings. The minimum absolute atomic E-state index is 0.210. The summed E-state index contributed by atoms with van der Waals surface area (Å²) < 4.78 is 0. The standard InChI is InChI=1S/C17H22N4O/c1-5-13(4)20-17-18-9-14(10-19-17)16(22)21-15-7-6-11(2)12(3)8-15/h6-10,13H,5H2,1-4H3,(H,21,22)(H,18,19,20). The average molecular weight is 298 g/mol. The molecule has 5 heteroatoms. The fraction of sp³-hybridized carbons (Fsp3) is 0.353. The highest BCUT2D eigenvalue weighted by Gasteiger charge is 2.09. The van der Waals surface area contributed by atoms with Gasteiger partial charge in [-0.15, -0.1) is 0 Å². The smallest absolute Gasteiger partial charge is 0.258 e. The number of carbonyl (C=O) groups excluding carboxylic acids is 1. The molecular weight excluding hydrogens is 276 g/mol. The van der Waals surface area contributed by atoms with Crippen molar-refractivity contribution in [1.29, 1.82) is 0 Å². The fourth-order valence-corrected chi connectivity index (χ4v) is 1.86. The molecule has 0 bridgehead atoms. The molecule has 1 amide bonds. The van der Waals surface area contributed by atoms with E-state index < -0.39 is 0 Å². The Morgan fingerprint density at radius 3 is 2.45 bits per heavy atom. The van der Waals surface area contributed by atoms with E-state index in [1.165, 1.54) is 18.0 Å². The van der Waals surface area contributed by atoms with E-state index in [1.807, 2.05) is 32.0 Å². The normalized spacial score (nSPS) is 11.8. The van der Waals surface area contributed by atoms with Crippen molar-refractivity contribution >= 4 is 17.5 Å². The van der Waals surface area contributed by atoms with Crippen molar-refractivity contribution in [2.45, 2.75) is 40.2 Å². The van der Waals surface area contributed by atoms with E-state index in [9.17, 15) is 4.79 Å². The lowest BCUT2D eigenvalue weighted by atomic mass is 10.1. The zero-order valence-corrected chi connectivity index (χ0v) is 13.5. The van der Waals surface area contributed by atoms with Crippen LogP contribution in [0.5, 0.6) is 0 Å². The Kier molecular flexibility index (Phi) is 5.09. The summed E-state index contributed by atoms with van der Waals surface area (Å²) in [6.45, 7) is 8.20. The van der Waals surface area contributed by atoms with Crippen molar-refractivity contribution in [2.24, 2.45) is 0 Å². The molecule has 5 nitrogen and oxygen atoms in total. The zero-order valence-electron chi connectivity index (χ0n) is 13.5. The number of aryl methyl sites for hydroxylation is 2. The van der Waals surface area contributed by atoms with E-state index in [4.69, 9.17) is 0 Å². The number of nitrogens with one attached hydrogen (secondary N) is 2. The Balaban J connectivity index is 2.04.